The summed E-state index contributed by atoms with van der Waals surface area (Å²) in [5.41, 5.74) is 1.29. The van der Waals surface area contributed by atoms with Crippen LogP contribution in [0.2, 0.25) is 0 Å². The number of nitrogens with one attached hydrogen (secondary N) is 1. The number of aryl methyl sites for hydroxylation is 1. The van der Waals surface area contributed by atoms with Crippen LogP contribution in [0.5, 0.6) is 0 Å². The zero-order valence-corrected chi connectivity index (χ0v) is 15.3. The van der Waals surface area contributed by atoms with E-state index in [4.69, 9.17) is 0 Å². The van der Waals surface area contributed by atoms with Crippen molar-refractivity contribution in [3.8, 4) is 0 Å². The van der Waals surface area contributed by atoms with Gasteiger partial charge in [-0.25, -0.2) is 13.4 Å². The van der Waals surface area contributed by atoms with E-state index in [-0.39, 0.29) is 10.8 Å². The van der Waals surface area contributed by atoms with Crippen molar-refractivity contribution in [2.45, 2.75) is 10.9 Å². The average Bonchev–Trinajstić information content (AvgIpc) is 3.05. The Morgan fingerprint density at radius 1 is 1.08 bits per heavy atom. The van der Waals surface area contributed by atoms with E-state index in [9.17, 15) is 13.2 Å². The van der Waals surface area contributed by atoms with E-state index in [1.807, 2.05) is 48.1 Å². The van der Waals surface area contributed by atoms with Gasteiger partial charge in [-0.05, 0) is 29.8 Å². The maximum atomic E-state index is 12.7. The molecule has 0 aliphatic heterocycles. The minimum atomic E-state index is -3.30. The summed E-state index contributed by atoms with van der Waals surface area (Å²) in [5.74, 6) is 0.402. The van der Waals surface area contributed by atoms with Gasteiger partial charge in [0, 0.05) is 31.3 Å². The van der Waals surface area contributed by atoms with Gasteiger partial charge >= 0.3 is 0 Å². The van der Waals surface area contributed by atoms with Crippen molar-refractivity contribution >= 4 is 15.7 Å². The van der Waals surface area contributed by atoms with Gasteiger partial charge in [0.1, 0.15) is 11.9 Å². The predicted octanol–water partition coefficient (Wildman–Crippen LogP) is 2.34. The lowest BCUT2D eigenvalue weighted by atomic mass is 10.1. The van der Waals surface area contributed by atoms with Crippen LogP contribution >= 0.6 is 0 Å². The summed E-state index contributed by atoms with van der Waals surface area (Å²) < 4.78 is 25.0. The fourth-order valence-electron chi connectivity index (χ4n) is 2.67. The molecule has 0 saturated carbocycles. The first-order valence-corrected chi connectivity index (χ1v) is 9.88. The summed E-state index contributed by atoms with van der Waals surface area (Å²) in [4.78, 5) is 17.2. The van der Waals surface area contributed by atoms with Gasteiger partial charge in [-0.15, -0.1) is 0 Å². The van der Waals surface area contributed by atoms with E-state index in [1.165, 1.54) is 24.3 Å². The van der Waals surface area contributed by atoms with Crippen LogP contribution in [0.3, 0.4) is 0 Å². The standard InChI is InChI=1S/C19H19N3O3S/c1-22-13-12-20-18(22)17(14-6-4-3-5-7-14)21-19(23)15-8-10-16(11-9-15)26(2,24)25/h3-13,17H,1-2H3,(H,21,23)/t17-/m0/s1. The number of nitrogens with zero attached hydrogens (tertiary/aromatic N) is 2. The molecule has 26 heavy (non-hydrogen) atoms. The van der Waals surface area contributed by atoms with Crippen LogP contribution in [0.4, 0.5) is 0 Å². The Balaban J connectivity index is 1.90. The van der Waals surface area contributed by atoms with Crippen LogP contribution in [0.25, 0.3) is 0 Å². The molecule has 6 nitrogen and oxygen atoms in total. The van der Waals surface area contributed by atoms with Crippen molar-refractivity contribution in [1.29, 1.82) is 0 Å². The molecule has 1 heterocycles. The fraction of sp³-hybridized carbons (Fsp3) is 0.158. The van der Waals surface area contributed by atoms with Crippen LogP contribution in [0.1, 0.15) is 27.8 Å². The number of carbonyl (C=O) groups excluding carboxylic acids is 1. The zero-order valence-electron chi connectivity index (χ0n) is 14.5. The number of imidazole rings is 1. The van der Waals surface area contributed by atoms with Crippen LogP contribution in [-0.4, -0.2) is 30.1 Å². The number of hydrogen-bond acceptors (Lipinski definition) is 4. The number of amides is 1. The predicted molar refractivity (Wildman–Crippen MR) is 98.5 cm³/mol. The quantitative estimate of drug-likeness (QED) is 0.748. The Labute approximate surface area is 152 Å². The Morgan fingerprint density at radius 2 is 1.73 bits per heavy atom. The summed E-state index contributed by atoms with van der Waals surface area (Å²) in [6.07, 6.45) is 4.63. The molecule has 1 amide bonds. The molecule has 134 valence electrons. The van der Waals surface area contributed by atoms with Crippen LogP contribution in [-0.2, 0) is 16.9 Å². The van der Waals surface area contributed by atoms with Crippen LogP contribution < -0.4 is 5.32 Å². The lowest BCUT2D eigenvalue weighted by Gasteiger charge is -2.19. The highest BCUT2D eigenvalue weighted by atomic mass is 32.2. The Bertz CT molecular complexity index is 1010. The summed E-state index contributed by atoms with van der Waals surface area (Å²) in [5, 5.41) is 2.98. The third-order valence-corrected chi connectivity index (χ3v) is 5.20. The first kappa shape index (κ1) is 17.9. The molecule has 3 rings (SSSR count). The van der Waals surface area contributed by atoms with Gasteiger partial charge < -0.3 is 9.88 Å². The molecule has 0 fully saturated rings. The SMILES string of the molecule is Cn1ccnc1[C@@H](NC(=O)c1ccc(S(C)(=O)=O)cc1)c1ccccc1. The van der Waals surface area contributed by atoms with Gasteiger partial charge in [0.25, 0.3) is 5.91 Å². The normalized spacial score (nSPS) is 12.5. The largest absolute Gasteiger partial charge is 0.338 e. The molecular weight excluding hydrogens is 350 g/mol. The Hall–Kier alpha value is -2.93. The molecule has 0 saturated heterocycles. The molecule has 7 heteroatoms. The third kappa shape index (κ3) is 3.83. The molecule has 0 spiro atoms. The van der Waals surface area contributed by atoms with Crippen LogP contribution in [0.15, 0.2) is 71.9 Å². The number of aromatic nitrogens is 2. The molecule has 0 radical (unpaired) electrons. The van der Waals surface area contributed by atoms with Crippen LogP contribution in [0, 0.1) is 0 Å². The van der Waals surface area contributed by atoms with Gasteiger partial charge in [0.05, 0.1) is 4.90 Å². The summed E-state index contributed by atoms with van der Waals surface area (Å²) in [7, 11) is -1.43. The van der Waals surface area contributed by atoms with Crippen molar-refractivity contribution in [1.82, 2.24) is 14.9 Å². The second kappa shape index (κ2) is 7.13. The Morgan fingerprint density at radius 3 is 2.27 bits per heavy atom. The summed E-state index contributed by atoms with van der Waals surface area (Å²) in [6.45, 7) is 0. The summed E-state index contributed by atoms with van der Waals surface area (Å²) >= 11 is 0. The van der Waals surface area contributed by atoms with Gasteiger partial charge in [0.2, 0.25) is 0 Å². The minimum absolute atomic E-state index is 0.178. The monoisotopic (exact) mass is 369 g/mol. The highest BCUT2D eigenvalue weighted by Crippen LogP contribution is 2.21. The average molecular weight is 369 g/mol. The van der Waals surface area contributed by atoms with Crippen molar-refractivity contribution in [3.05, 3.63) is 83.9 Å². The van der Waals surface area contributed by atoms with E-state index in [1.54, 1.807) is 6.20 Å². The van der Waals surface area contributed by atoms with Crippen molar-refractivity contribution < 1.29 is 13.2 Å². The number of carbonyl (C=O) groups is 1. The summed E-state index contributed by atoms with van der Waals surface area (Å²) in [6, 6.07) is 15.0. The van der Waals surface area contributed by atoms with E-state index >= 15 is 0 Å². The first-order valence-electron chi connectivity index (χ1n) is 7.99. The fourth-order valence-corrected chi connectivity index (χ4v) is 3.30. The third-order valence-electron chi connectivity index (χ3n) is 4.07. The second-order valence-corrected chi connectivity index (χ2v) is 8.03. The molecule has 3 aromatic rings. The molecule has 1 atom stereocenters. The zero-order chi connectivity index (χ0) is 18.7. The lowest BCUT2D eigenvalue weighted by Crippen LogP contribution is -2.31. The van der Waals surface area contributed by atoms with Crippen molar-refractivity contribution in [2.24, 2.45) is 7.05 Å². The molecule has 0 aliphatic rings. The molecular formula is C19H19N3O3S. The number of rotatable bonds is 5. The molecule has 1 aromatic heterocycles. The van der Waals surface area contributed by atoms with Gasteiger partial charge in [-0.2, -0.15) is 0 Å². The molecule has 0 bridgehead atoms. The molecule has 2 aromatic carbocycles. The first-order chi connectivity index (χ1) is 12.4. The smallest absolute Gasteiger partial charge is 0.252 e. The maximum absolute atomic E-state index is 12.7. The lowest BCUT2D eigenvalue weighted by molar-refractivity contribution is 0.0941. The highest BCUT2D eigenvalue weighted by Gasteiger charge is 2.21. The number of sulfone groups is 1. The van der Waals surface area contributed by atoms with E-state index in [2.05, 4.69) is 10.3 Å². The topological polar surface area (TPSA) is 81.1 Å². The maximum Gasteiger partial charge on any atom is 0.252 e. The Kier molecular flexibility index (Phi) is 4.90. The molecule has 1 N–H and O–H groups in total. The van der Waals surface area contributed by atoms with Crippen molar-refractivity contribution in [3.63, 3.8) is 0 Å². The highest BCUT2D eigenvalue weighted by molar-refractivity contribution is 7.90. The number of benzene rings is 2. The van der Waals surface area contributed by atoms with E-state index in [0.717, 1.165) is 11.8 Å². The van der Waals surface area contributed by atoms with Gasteiger partial charge in [-0.1, -0.05) is 30.3 Å². The second-order valence-electron chi connectivity index (χ2n) is 6.01. The molecule has 0 aliphatic carbocycles. The molecule has 0 unspecified atom stereocenters. The van der Waals surface area contributed by atoms with Gasteiger partial charge in [-0.3, -0.25) is 4.79 Å². The van der Waals surface area contributed by atoms with E-state index in [0.29, 0.717) is 11.4 Å². The van der Waals surface area contributed by atoms with E-state index < -0.39 is 15.9 Å². The minimum Gasteiger partial charge on any atom is -0.338 e. The number of hydrogen-bond donors (Lipinski definition) is 1. The van der Waals surface area contributed by atoms with Crippen molar-refractivity contribution in [2.75, 3.05) is 6.26 Å². The van der Waals surface area contributed by atoms with Gasteiger partial charge in [0.15, 0.2) is 9.84 Å².